The molecule has 0 bridgehead atoms. The summed E-state index contributed by atoms with van der Waals surface area (Å²) in [6, 6.07) is 8.63. The lowest BCUT2D eigenvalue weighted by Gasteiger charge is -2.33. The van der Waals surface area contributed by atoms with Gasteiger partial charge in [0.25, 0.3) is 0 Å². The molecule has 0 spiro atoms. The van der Waals surface area contributed by atoms with Crippen LogP contribution in [-0.2, 0) is 5.92 Å². The highest BCUT2D eigenvalue weighted by atomic mass is 19.4. The Balaban J connectivity index is 2.25. The van der Waals surface area contributed by atoms with Crippen molar-refractivity contribution in [3.63, 3.8) is 0 Å². The quantitative estimate of drug-likeness (QED) is 0.346. The Hall–Kier alpha value is -2.79. The molecule has 0 heterocycles. The summed E-state index contributed by atoms with van der Waals surface area (Å²) >= 11 is 0. The Kier molecular flexibility index (Phi) is 6.11. The normalized spacial score (nSPS) is 13.7. The van der Waals surface area contributed by atoms with E-state index in [1.165, 1.54) is 0 Å². The van der Waals surface area contributed by atoms with Gasteiger partial charge in [-0.1, -0.05) is 12.1 Å². The third kappa shape index (κ3) is 4.21. The molecule has 12 heteroatoms. The highest BCUT2D eigenvalue weighted by Crippen LogP contribution is 2.56. The van der Waals surface area contributed by atoms with Crippen molar-refractivity contribution >= 4 is 17.1 Å². The topological polar surface area (TPSA) is 28.0 Å². The van der Waals surface area contributed by atoms with Gasteiger partial charge in [0.2, 0.25) is 0 Å². The first kappa shape index (κ1) is 23.5. The van der Waals surface area contributed by atoms with Gasteiger partial charge in [0.05, 0.1) is 11.4 Å². The van der Waals surface area contributed by atoms with Gasteiger partial charge >= 0.3 is 23.9 Å². The Labute approximate surface area is 164 Å². The zero-order chi connectivity index (χ0) is 23.0. The van der Waals surface area contributed by atoms with Crippen LogP contribution in [-0.4, -0.2) is 32.1 Å². The van der Waals surface area contributed by atoms with Crippen LogP contribution in [0.3, 0.4) is 0 Å². The molecule has 0 N–H and O–H groups in total. The van der Waals surface area contributed by atoms with E-state index in [0.717, 1.165) is 17.8 Å². The van der Waals surface area contributed by atoms with E-state index in [-0.39, 0.29) is 17.8 Å². The maximum absolute atomic E-state index is 13.9. The Morgan fingerprint density at radius 3 is 1.37 bits per heavy atom. The van der Waals surface area contributed by atoms with E-state index >= 15 is 0 Å². The van der Waals surface area contributed by atoms with Crippen LogP contribution in [0.5, 0.6) is 0 Å². The van der Waals surface area contributed by atoms with Crippen molar-refractivity contribution in [3.8, 4) is 0 Å². The lowest BCUT2D eigenvalue weighted by molar-refractivity contribution is -0.399. The molecule has 2 aromatic rings. The summed E-state index contributed by atoms with van der Waals surface area (Å²) in [5, 5.41) is 7.47. The fraction of sp³-hybridized carbons (Fsp3) is 0.333. The van der Waals surface area contributed by atoms with Crippen molar-refractivity contribution in [1.82, 2.24) is 0 Å². The maximum Gasteiger partial charge on any atom is 0.460 e. The lowest BCUT2D eigenvalue weighted by Crippen LogP contribution is -2.59. The monoisotopic (exact) mass is 443 g/mol. The van der Waals surface area contributed by atoms with Gasteiger partial charge in [0.15, 0.2) is 0 Å². The number of halogens is 9. The summed E-state index contributed by atoms with van der Waals surface area (Å²) in [6.07, 6.45) is -6.86. The van der Waals surface area contributed by atoms with E-state index in [2.05, 4.69) is 10.2 Å². The SMILES string of the molecule is CN(C)c1ccc(N=Nc2ccc(C(F)(F)C(F)(F)C(F)(F)C(F)(F)F)cc2)cc1. The molecule has 2 rings (SSSR count). The van der Waals surface area contributed by atoms with E-state index in [9.17, 15) is 39.5 Å². The number of benzene rings is 2. The highest BCUT2D eigenvalue weighted by molar-refractivity contribution is 5.52. The molecule has 0 amide bonds. The molecule has 30 heavy (non-hydrogen) atoms. The molecule has 0 fully saturated rings. The minimum atomic E-state index is -6.94. The van der Waals surface area contributed by atoms with Crippen molar-refractivity contribution in [3.05, 3.63) is 54.1 Å². The summed E-state index contributed by atoms with van der Waals surface area (Å²) in [4.78, 5) is 1.82. The summed E-state index contributed by atoms with van der Waals surface area (Å²) in [6.45, 7) is 0. The number of hydrogen-bond donors (Lipinski definition) is 0. The Morgan fingerprint density at radius 2 is 1.00 bits per heavy atom. The second-order valence-electron chi connectivity index (χ2n) is 6.38. The van der Waals surface area contributed by atoms with Crippen LogP contribution in [0.1, 0.15) is 5.56 Å². The number of azo groups is 1. The first-order valence-corrected chi connectivity index (χ1v) is 8.11. The predicted octanol–water partition coefficient (Wildman–Crippen LogP) is 7.09. The number of hydrogen-bond acceptors (Lipinski definition) is 3. The summed E-state index contributed by atoms with van der Waals surface area (Å²) in [7, 11) is 3.62. The molecule has 0 unspecified atom stereocenters. The standard InChI is InChI=1S/C18H14F9N3/c1-30(2)14-9-7-13(8-10-14)29-28-12-5-3-11(4-6-12)15(19,20)16(21,22)17(23,24)18(25,26)27/h3-10H,1-2H3. The van der Waals surface area contributed by atoms with Crippen LogP contribution in [0.4, 0.5) is 56.6 Å². The van der Waals surface area contributed by atoms with E-state index in [4.69, 9.17) is 0 Å². The van der Waals surface area contributed by atoms with Gasteiger partial charge in [-0.3, -0.25) is 0 Å². The fourth-order valence-electron chi connectivity index (χ4n) is 2.23. The van der Waals surface area contributed by atoms with E-state index in [1.807, 2.05) is 19.0 Å². The van der Waals surface area contributed by atoms with Gasteiger partial charge in [-0.05, 0) is 36.4 Å². The van der Waals surface area contributed by atoms with Crippen molar-refractivity contribution in [2.24, 2.45) is 10.2 Å². The molecule has 0 radical (unpaired) electrons. The van der Waals surface area contributed by atoms with Crippen LogP contribution < -0.4 is 4.90 Å². The van der Waals surface area contributed by atoms with Crippen molar-refractivity contribution < 1.29 is 39.5 Å². The van der Waals surface area contributed by atoms with Crippen LogP contribution in [0, 0.1) is 0 Å². The number of rotatable bonds is 6. The molecule has 0 saturated heterocycles. The third-order valence-corrected chi connectivity index (χ3v) is 4.02. The van der Waals surface area contributed by atoms with Gasteiger partial charge in [-0.25, -0.2) is 0 Å². The molecule has 0 saturated carbocycles. The van der Waals surface area contributed by atoms with Crippen molar-refractivity contribution in [2.45, 2.75) is 23.9 Å². The summed E-state index contributed by atoms with van der Waals surface area (Å²) in [5.74, 6) is -19.5. The molecular weight excluding hydrogens is 429 g/mol. The zero-order valence-electron chi connectivity index (χ0n) is 15.4. The zero-order valence-corrected chi connectivity index (χ0v) is 15.4. The van der Waals surface area contributed by atoms with Gasteiger partial charge in [0.1, 0.15) is 0 Å². The highest BCUT2D eigenvalue weighted by Gasteiger charge is 2.81. The summed E-state index contributed by atoms with van der Waals surface area (Å²) in [5.41, 5.74) is -0.619. The number of nitrogens with zero attached hydrogens (tertiary/aromatic N) is 3. The Morgan fingerprint density at radius 1 is 0.600 bits per heavy atom. The molecular formula is C18H14F9N3. The van der Waals surface area contributed by atoms with Crippen LogP contribution in [0.25, 0.3) is 0 Å². The average molecular weight is 443 g/mol. The summed E-state index contributed by atoms with van der Waals surface area (Å²) < 4.78 is 117. The van der Waals surface area contributed by atoms with E-state index in [1.54, 1.807) is 24.3 Å². The maximum atomic E-state index is 13.9. The molecule has 3 nitrogen and oxygen atoms in total. The van der Waals surface area contributed by atoms with E-state index in [0.29, 0.717) is 5.69 Å². The second-order valence-corrected chi connectivity index (χ2v) is 6.38. The molecule has 0 atom stereocenters. The fourth-order valence-corrected chi connectivity index (χ4v) is 2.23. The second kappa shape index (κ2) is 7.80. The largest absolute Gasteiger partial charge is 0.460 e. The van der Waals surface area contributed by atoms with Crippen LogP contribution in [0.2, 0.25) is 0 Å². The van der Waals surface area contributed by atoms with Gasteiger partial charge in [-0.15, -0.1) is 0 Å². The molecule has 0 aliphatic heterocycles. The van der Waals surface area contributed by atoms with Gasteiger partial charge in [-0.2, -0.15) is 49.7 Å². The molecule has 164 valence electrons. The smallest absolute Gasteiger partial charge is 0.378 e. The van der Waals surface area contributed by atoms with Gasteiger partial charge in [0, 0.05) is 25.3 Å². The van der Waals surface area contributed by atoms with Crippen molar-refractivity contribution in [2.75, 3.05) is 19.0 Å². The number of alkyl halides is 9. The lowest BCUT2D eigenvalue weighted by atomic mass is 9.96. The predicted molar refractivity (Wildman–Crippen MR) is 91.2 cm³/mol. The van der Waals surface area contributed by atoms with Crippen LogP contribution >= 0.6 is 0 Å². The molecule has 0 aromatic heterocycles. The third-order valence-electron chi connectivity index (χ3n) is 4.02. The Bertz CT molecular complexity index is 887. The van der Waals surface area contributed by atoms with E-state index < -0.39 is 29.5 Å². The van der Waals surface area contributed by atoms with Gasteiger partial charge < -0.3 is 4.90 Å². The minimum absolute atomic E-state index is 0.114. The first-order valence-electron chi connectivity index (χ1n) is 8.11. The average Bonchev–Trinajstić information content (AvgIpc) is 2.65. The van der Waals surface area contributed by atoms with Crippen LogP contribution in [0.15, 0.2) is 58.8 Å². The molecule has 0 aliphatic carbocycles. The molecule has 2 aromatic carbocycles. The number of anilines is 1. The van der Waals surface area contributed by atoms with Crippen molar-refractivity contribution in [1.29, 1.82) is 0 Å². The molecule has 0 aliphatic rings. The minimum Gasteiger partial charge on any atom is -0.378 e. The first-order chi connectivity index (χ1) is 13.6.